The quantitative estimate of drug-likeness (QED) is 0.0779. The number of aryl methyl sites for hydroxylation is 1. The van der Waals surface area contributed by atoms with Crippen molar-refractivity contribution in [3.8, 4) is 50.3 Å². The maximum Gasteiger partial charge on any atom is 0.432 e. The van der Waals surface area contributed by atoms with Crippen LogP contribution in [0.15, 0.2) is 152 Å². The van der Waals surface area contributed by atoms with Crippen LogP contribution >= 0.6 is 0 Å². The predicted molar refractivity (Wildman–Crippen MR) is 300 cm³/mol. The maximum absolute atomic E-state index is 14.9. The Balaban J connectivity index is 0.000000169. The van der Waals surface area contributed by atoms with Gasteiger partial charge in [0.1, 0.15) is 28.8 Å². The minimum Gasteiger partial charge on any atom is -0.429 e. The highest BCUT2D eigenvalue weighted by Gasteiger charge is 2.42. The standard InChI is InChI=1S/C28H18F8O.C21H24F2.C20H22F2/c1-2-3-15-4-6-16(7-5-15)17-8-9-20(21(29)10-17)18-11-22(30)26(23(31)12-18)28(35,36)37-19-13-24(32)27(34)25(33)14-19;1-2-3-15-4-6-16(7-5-15)17-8-10-18(11-9-17)19-12-13-20(22)21(23)14-19;1-2-14-3-5-15(6-4-14)16-7-9-17(10-8-16)18-11-12-19(21)20(22)13-18/h4-14H,2-3H2,1H3;8-16H,2-7H2,1H3;7-15H,2-6H2,1H3. The molecule has 8 aromatic rings. The summed E-state index contributed by atoms with van der Waals surface area (Å²) < 4.78 is 170. The van der Waals surface area contributed by atoms with Crippen LogP contribution in [0.2, 0.25) is 0 Å². The molecule has 2 saturated carbocycles. The summed E-state index contributed by atoms with van der Waals surface area (Å²) in [6.45, 7) is 6.59. The second-order valence-electron chi connectivity index (χ2n) is 21.4. The van der Waals surface area contributed by atoms with E-state index in [0.29, 0.717) is 35.1 Å². The molecule has 0 unspecified atom stereocenters. The van der Waals surface area contributed by atoms with Gasteiger partial charge in [0.25, 0.3) is 0 Å². The van der Waals surface area contributed by atoms with Gasteiger partial charge >= 0.3 is 6.11 Å². The first-order chi connectivity index (χ1) is 39.3. The Kier molecular flexibility index (Phi) is 20.5. The first-order valence-corrected chi connectivity index (χ1v) is 28.0. The molecule has 0 spiro atoms. The monoisotopic (exact) mass is 1140 g/mol. The van der Waals surface area contributed by atoms with Crippen LogP contribution in [-0.4, -0.2) is 0 Å². The number of benzene rings is 8. The van der Waals surface area contributed by atoms with Gasteiger partial charge in [0, 0.05) is 17.7 Å². The fraction of sp³-hybridized carbons (Fsp3) is 0.304. The van der Waals surface area contributed by atoms with Gasteiger partial charge < -0.3 is 4.74 Å². The number of rotatable bonds is 14. The number of hydrogen-bond donors (Lipinski definition) is 0. The second kappa shape index (κ2) is 27.7. The Bertz CT molecular complexity index is 3350. The average molecular weight is 1140 g/mol. The molecule has 0 N–H and O–H groups in total. The lowest BCUT2D eigenvalue weighted by molar-refractivity contribution is -0.189. The van der Waals surface area contributed by atoms with Crippen molar-refractivity contribution in [3.05, 3.63) is 232 Å². The third kappa shape index (κ3) is 15.2. The minimum absolute atomic E-state index is 0.102. The molecule has 2 aliphatic rings. The number of ether oxygens (including phenoxy) is 1. The summed E-state index contributed by atoms with van der Waals surface area (Å²) in [7, 11) is 0. The number of halogens is 12. The summed E-state index contributed by atoms with van der Waals surface area (Å²) in [5, 5.41) is 0. The molecule has 430 valence electrons. The number of hydrogen-bond acceptors (Lipinski definition) is 1. The lowest BCUT2D eigenvalue weighted by Gasteiger charge is -2.28. The van der Waals surface area contributed by atoms with Gasteiger partial charge in [-0.15, -0.1) is 0 Å². The van der Waals surface area contributed by atoms with Gasteiger partial charge in [-0.3, -0.25) is 0 Å². The highest BCUT2D eigenvalue weighted by Crippen LogP contribution is 2.41. The lowest BCUT2D eigenvalue weighted by Crippen LogP contribution is -2.25. The molecule has 13 heteroatoms. The van der Waals surface area contributed by atoms with Gasteiger partial charge in [-0.25, -0.2) is 43.9 Å². The maximum atomic E-state index is 14.9. The summed E-state index contributed by atoms with van der Waals surface area (Å²) in [6.07, 6.45) is 11.5. The molecule has 0 radical (unpaired) electrons. The first kappa shape index (κ1) is 60.8. The van der Waals surface area contributed by atoms with Crippen molar-refractivity contribution in [1.29, 1.82) is 0 Å². The molecule has 0 amide bonds. The zero-order valence-electron chi connectivity index (χ0n) is 45.9. The van der Waals surface area contributed by atoms with Crippen LogP contribution in [0.3, 0.4) is 0 Å². The molecule has 0 aliphatic heterocycles. The zero-order valence-corrected chi connectivity index (χ0v) is 45.9. The molecule has 0 heterocycles. The van der Waals surface area contributed by atoms with Crippen molar-refractivity contribution >= 4 is 0 Å². The summed E-state index contributed by atoms with van der Waals surface area (Å²) in [4.78, 5) is 0. The molecule has 2 aliphatic carbocycles. The number of alkyl halides is 2. The Morgan fingerprint density at radius 1 is 0.378 bits per heavy atom. The van der Waals surface area contributed by atoms with E-state index < -0.39 is 75.6 Å². The molecule has 2 fully saturated rings. The predicted octanol–water partition coefficient (Wildman–Crippen LogP) is 22.0. The average Bonchev–Trinajstić information content (AvgIpc) is 3.45. The molecule has 82 heavy (non-hydrogen) atoms. The van der Waals surface area contributed by atoms with Crippen LogP contribution in [-0.2, 0) is 12.5 Å². The summed E-state index contributed by atoms with van der Waals surface area (Å²) >= 11 is 0. The van der Waals surface area contributed by atoms with Crippen LogP contribution in [0.1, 0.15) is 132 Å². The van der Waals surface area contributed by atoms with Crippen molar-refractivity contribution in [3.63, 3.8) is 0 Å². The van der Waals surface area contributed by atoms with E-state index in [2.05, 4.69) is 42.8 Å². The smallest absolute Gasteiger partial charge is 0.429 e. The summed E-state index contributed by atoms with van der Waals surface area (Å²) in [5.74, 6) is -11.3. The molecule has 0 saturated heterocycles. The molecule has 10 rings (SSSR count). The van der Waals surface area contributed by atoms with Gasteiger partial charge in [0.2, 0.25) is 0 Å². The van der Waals surface area contributed by atoms with Gasteiger partial charge in [-0.05, 0) is 180 Å². The zero-order chi connectivity index (χ0) is 58.7. The van der Waals surface area contributed by atoms with Crippen molar-refractivity contribution in [2.75, 3.05) is 0 Å². The highest BCUT2D eigenvalue weighted by molar-refractivity contribution is 5.72. The topological polar surface area (TPSA) is 9.23 Å². The van der Waals surface area contributed by atoms with Gasteiger partial charge in [-0.1, -0.05) is 144 Å². The molecule has 8 aromatic carbocycles. The van der Waals surface area contributed by atoms with Crippen LogP contribution < -0.4 is 4.74 Å². The minimum atomic E-state index is -4.74. The van der Waals surface area contributed by atoms with Gasteiger partial charge in [0.15, 0.2) is 40.7 Å². The van der Waals surface area contributed by atoms with Crippen LogP contribution in [0.25, 0.3) is 44.5 Å². The molecular formula is C69H64F12O. The van der Waals surface area contributed by atoms with Crippen molar-refractivity contribution in [2.45, 2.75) is 122 Å². The third-order valence-electron chi connectivity index (χ3n) is 15.9. The molecule has 0 atom stereocenters. The van der Waals surface area contributed by atoms with Crippen molar-refractivity contribution < 1.29 is 57.4 Å². The Morgan fingerprint density at radius 3 is 1.20 bits per heavy atom. The van der Waals surface area contributed by atoms with Gasteiger partial charge in [0.05, 0.1) is 0 Å². The van der Waals surface area contributed by atoms with Crippen molar-refractivity contribution in [1.82, 2.24) is 0 Å². The summed E-state index contributed by atoms with van der Waals surface area (Å²) in [6, 6.07) is 37.4. The van der Waals surface area contributed by atoms with Crippen LogP contribution in [0, 0.1) is 70.0 Å². The van der Waals surface area contributed by atoms with E-state index in [1.54, 1.807) is 12.1 Å². The van der Waals surface area contributed by atoms with E-state index in [9.17, 15) is 52.7 Å². The SMILES string of the molecule is CCC1CCC(c2ccc(-c3ccc(F)c(F)c3)cc2)CC1.CCCC1CCC(c2ccc(-c3ccc(F)c(F)c3)cc2)CC1.CCCc1ccc(-c2ccc(-c3cc(F)c(C(F)(F)Oc4cc(F)c(F)c(F)c4)c(F)c3)c(F)c2)cc1. The fourth-order valence-corrected chi connectivity index (χ4v) is 11.2. The van der Waals surface area contributed by atoms with Crippen LogP contribution in [0.5, 0.6) is 5.75 Å². The highest BCUT2D eigenvalue weighted by atomic mass is 19.3. The molecule has 0 bridgehead atoms. The van der Waals surface area contributed by atoms with E-state index in [1.165, 1.54) is 118 Å². The Morgan fingerprint density at radius 2 is 0.780 bits per heavy atom. The largest absolute Gasteiger partial charge is 0.432 e. The summed E-state index contributed by atoms with van der Waals surface area (Å²) in [5.41, 5.74) is 5.92. The molecular weight excluding hydrogens is 1070 g/mol. The Hall–Kier alpha value is -7.28. The second-order valence-corrected chi connectivity index (χ2v) is 21.4. The third-order valence-corrected chi connectivity index (χ3v) is 15.9. The van der Waals surface area contributed by atoms with E-state index in [0.717, 1.165) is 58.6 Å². The van der Waals surface area contributed by atoms with Gasteiger partial charge in [-0.2, -0.15) is 8.78 Å². The van der Waals surface area contributed by atoms with E-state index in [1.807, 2.05) is 55.5 Å². The molecule has 0 aromatic heterocycles. The molecule has 1 nitrogen and oxygen atoms in total. The van der Waals surface area contributed by atoms with E-state index in [4.69, 9.17) is 0 Å². The normalized spacial score (nSPS) is 17.1. The van der Waals surface area contributed by atoms with E-state index in [-0.39, 0.29) is 23.3 Å². The van der Waals surface area contributed by atoms with E-state index >= 15 is 0 Å². The van der Waals surface area contributed by atoms with Crippen LogP contribution in [0.4, 0.5) is 52.7 Å². The lowest BCUT2D eigenvalue weighted by atomic mass is 9.77. The van der Waals surface area contributed by atoms with Crippen molar-refractivity contribution in [2.24, 2.45) is 11.8 Å². The fourth-order valence-electron chi connectivity index (χ4n) is 11.2. The first-order valence-electron chi connectivity index (χ1n) is 28.0. The Labute approximate surface area is 472 Å².